The molecule has 2 N–H and O–H groups in total. The normalized spacial score (nSPS) is 13.5. The van der Waals surface area contributed by atoms with E-state index in [1.54, 1.807) is 17.4 Å². The van der Waals surface area contributed by atoms with Gasteiger partial charge in [-0.3, -0.25) is 9.38 Å². The first kappa shape index (κ1) is 15.8. The number of nitrogens with two attached hydrogens (primary N) is 1. The van der Waals surface area contributed by atoms with Gasteiger partial charge < -0.3 is 9.75 Å². The topological polar surface area (TPSA) is 81.6 Å². The van der Waals surface area contributed by atoms with Crippen LogP contribution in [0, 0.1) is 6.92 Å². The van der Waals surface area contributed by atoms with Gasteiger partial charge in [-0.2, -0.15) is 0 Å². The van der Waals surface area contributed by atoms with E-state index in [4.69, 9.17) is 15.6 Å². The number of rotatable bonds is 2. The molecule has 0 aliphatic carbocycles. The Morgan fingerprint density at radius 1 is 1.07 bits per heavy atom. The lowest BCUT2D eigenvalue weighted by Gasteiger charge is -2.27. The van der Waals surface area contributed by atoms with Crippen molar-refractivity contribution in [2.24, 2.45) is 5.84 Å². The van der Waals surface area contributed by atoms with E-state index in [0.29, 0.717) is 18.9 Å². The molecular weight excluding hydrogens is 340 g/mol. The van der Waals surface area contributed by atoms with Crippen LogP contribution < -0.4 is 15.6 Å². The lowest BCUT2D eigenvalue weighted by atomic mass is 10.0. The highest BCUT2D eigenvalue weighted by atomic mass is 16.5. The molecule has 0 saturated carbocycles. The van der Waals surface area contributed by atoms with Crippen LogP contribution in [-0.2, 0) is 0 Å². The number of nitrogens with zero attached hydrogens (tertiary/aromatic N) is 5. The quantitative estimate of drug-likeness (QED) is 0.555. The van der Waals surface area contributed by atoms with Crippen LogP contribution in [0.3, 0.4) is 0 Å². The van der Waals surface area contributed by atoms with Gasteiger partial charge in [-0.1, -0.05) is 0 Å². The van der Waals surface area contributed by atoms with Gasteiger partial charge in [-0.25, -0.2) is 15.8 Å². The molecule has 0 spiro atoms. The Hall–Kier alpha value is -3.45. The average molecular weight is 358 g/mol. The van der Waals surface area contributed by atoms with Gasteiger partial charge in [0.15, 0.2) is 0 Å². The fourth-order valence-corrected chi connectivity index (χ4v) is 3.44. The molecule has 134 valence electrons. The second-order valence-electron chi connectivity index (χ2n) is 6.51. The third kappa shape index (κ3) is 2.60. The van der Waals surface area contributed by atoms with Crippen molar-refractivity contribution in [2.45, 2.75) is 6.92 Å². The molecule has 4 aromatic rings. The summed E-state index contributed by atoms with van der Waals surface area (Å²) in [6.45, 7) is 3.21. The molecular formula is C20H18N6O. The van der Waals surface area contributed by atoms with E-state index < -0.39 is 0 Å². The summed E-state index contributed by atoms with van der Waals surface area (Å²) in [7, 11) is 0. The molecule has 0 radical (unpaired) electrons. The minimum Gasteiger partial charge on any atom is -0.489 e. The van der Waals surface area contributed by atoms with Crippen molar-refractivity contribution < 1.29 is 4.74 Å². The molecule has 0 saturated heterocycles. The number of pyridine rings is 1. The van der Waals surface area contributed by atoms with Crippen LogP contribution in [0.25, 0.3) is 28.3 Å². The monoisotopic (exact) mass is 358 g/mol. The fourth-order valence-electron chi connectivity index (χ4n) is 3.44. The lowest BCUT2D eigenvalue weighted by molar-refractivity contribution is 0.308. The Balaban J connectivity index is 1.78. The van der Waals surface area contributed by atoms with E-state index in [9.17, 15) is 0 Å². The van der Waals surface area contributed by atoms with Crippen molar-refractivity contribution >= 4 is 11.5 Å². The Bertz CT molecular complexity index is 1150. The summed E-state index contributed by atoms with van der Waals surface area (Å²) in [6, 6.07) is 11.9. The summed E-state index contributed by atoms with van der Waals surface area (Å²) >= 11 is 0. The number of aryl methyl sites for hydroxylation is 1. The molecule has 7 heteroatoms. The number of hydrogen-bond acceptors (Lipinski definition) is 6. The third-order valence-electron chi connectivity index (χ3n) is 4.71. The summed E-state index contributed by atoms with van der Waals surface area (Å²) in [5, 5.41) is 1.72. The van der Waals surface area contributed by atoms with Crippen molar-refractivity contribution in [2.75, 3.05) is 18.2 Å². The van der Waals surface area contributed by atoms with Crippen molar-refractivity contribution in [3.63, 3.8) is 0 Å². The van der Waals surface area contributed by atoms with E-state index in [1.165, 1.54) is 0 Å². The van der Waals surface area contributed by atoms with Crippen molar-refractivity contribution in [1.29, 1.82) is 0 Å². The predicted molar refractivity (Wildman–Crippen MR) is 103 cm³/mol. The van der Waals surface area contributed by atoms with Crippen molar-refractivity contribution in [1.82, 2.24) is 19.4 Å². The molecule has 7 nitrogen and oxygen atoms in total. The van der Waals surface area contributed by atoms with E-state index in [-0.39, 0.29) is 0 Å². The average Bonchev–Trinajstić information content (AvgIpc) is 3.08. The van der Waals surface area contributed by atoms with E-state index in [0.717, 1.165) is 39.6 Å². The maximum absolute atomic E-state index is 6.16. The molecule has 3 aromatic heterocycles. The van der Waals surface area contributed by atoms with Crippen LogP contribution in [0.15, 0.2) is 55.0 Å². The molecule has 0 bridgehead atoms. The van der Waals surface area contributed by atoms with E-state index in [2.05, 4.69) is 9.97 Å². The highest BCUT2D eigenvalue weighted by Gasteiger charge is 2.21. The largest absolute Gasteiger partial charge is 0.489 e. The molecule has 0 fully saturated rings. The molecule has 0 unspecified atom stereocenters. The van der Waals surface area contributed by atoms with E-state index >= 15 is 0 Å². The van der Waals surface area contributed by atoms with Gasteiger partial charge in [0.1, 0.15) is 12.4 Å². The molecule has 0 amide bonds. The van der Waals surface area contributed by atoms with E-state index in [1.807, 2.05) is 53.9 Å². The fraction of sp³-hybridized carbons (Fsp3) is 0.150. The Kier molecular flexibility index (Phi) is 3.54. The predicted octanol–water partition coefficient (Wildman–Crippen LogP) is 2.84. The molecule has 1 aliphatic rings. The van der Waals surface area contributed by atoms with Gasteiger partial charge in [0.2, 0.25) is 5.78 Å². The van der Waals surface area contributed by atoms with Crippen LogP contribution >= 0.6 is 0 Å². The first-order chi connectivity index (χ1) is 13.2. The summed E-state index contributed by atoms with van der Waals surface area (Å²) < 4.78 is 7.72. The second kappa shape index (κ2) is 6.07. The van der Waals surface area contributed by atoms with Gasteiger partial charge in [-0.15, -0.1) is 0 Å². The van der Waals surface area contributed by atoms with Crippen molar-refractivity contribution in [3.05, 3.63) is 60.7 Å². The number of hydrogen-bond donors (Lipinski definition) is 1. The summed E-state index contributed by atoms with van der Waals surface area (Å²) in [5.74, 6) is 7.60. The first-order valence-electron chi connectivity index (χ1n) is 8.76. The van der Waals surface area contributed by atoms with Gasteiger partial charge in [0.05, 0.1) is 23.6 Å². The minimum atomic E-state index is 0.587. The number of anilines is 1. The Labute approximate surface area is 156 Å². The molecule has 0 atom stereocenters. The van der Waals surface area contributed by atoms with Crippen LogP contribution in [0.1, 0.15) is 5.69 Å². The molecule has 5 rings (SSSR count). The van der Waals surface area contributed by atoms with Gasteiger partial charge >= 0.3 is 0 Å². The Morgan fingerprint density at radius 2 is 2.00 bits per heavy atom. The zero-order chi connectivity index (χ0) is 18.4. The SMILES string of the molecule is Cc1cc(-c2nc3ncccn3c2-c2ccc3c(c2)N(N)CCO3)ccn1. The number of hydrazine groups is 1. The molecule has 27 heavy (non-hydrogen) atoms. The third-order valence-corrected chi connectivity index (χ3v) is 4.71. The van der Waals surface area contributed by atoms with Crippen LogP contribution in [0.4, 0.5) is 5.69 Å². The van der Waals surface area contributed by atoms with Crippen molar-refractivity contribution in [3.8, 4) is 28.3 Å². The lowest BCUT2D eigenvalue weighted by Crippen LogP contribution is -2.38. The minimum absolute atomic E-state index is 0.587. The summed E-state index contributed by atoms with van der Waals surface area (Å²) in [4.78, 5) is 13.5. The number of imidazole rings is 1. The number of benzene rings is 1. The number of aromatic nitrogens is 4. The zero-order valence-electron chi connectivity index (χ0n) is 14.8. The maximum Gasteiger partial charge on any atom is 0.234 e. The molecule has 4 heterocycles. The first-order valence-corrected chi connectivity index (χ1v) is 8.76. The van der Waals surface area contributed by atoms with Crippen LogP contribution in [-0.4, -0.2) is 32.5 Å². The van der Waals surface area contributed by atoms with Gasteiger partial charge in [0, 0.05) is 35.4 Å². The standard InChI is InChI=1S/C20H18N6O/c1-13-11-14(5-7-22-13)18-19(25-8-2-6-23-20(25)24-18)15-3-4-17-16(12-15)26(21)9-10-27-17/h2-8,11-12H,9-10,21H2,1H3. The Morgan fingerprint density at radius 3 is 2.89 bits per heavy atom. The second-order valence-corrected chi connectivity index (χ2v) is 6.51. The highest BCUT2D eigenvalue weighted by Crippen LogP contribution is 2.38. The summed E-state index contributed by atoms with van der Waals surface area (Å²) in [6.07, 6.45) is 5.52. The molecule has 1 aromatic carbocycles. The zero-order valence-corrected chi connectivity index (χ0v) is 14.8. The van der Waals surface area contributed by atoms with Gasteiger partial charge in [-0.05, 0) is 43.3 Å². The highest BCUT2D eigenvalue weighted by molar-refractivity contribution is 5.83. The number of fused-ring (bicyclic) bond motifs is 2. The number of ether oxygens (including phenoxy) is 1. The van der Waals surface area contributed by atoms with Crippen LogP contribution in [0.5, 0.6) is 5.75 Å². The molecule has 1 aliphatic heterocycles. The van der Waals surface area contributed by atoms with Gasteiger partial charge in [0.25, 0.3) is 0 Å². The maximum atomic E-state index is 6.16. The van der Waals surface area contributed by atoms with Crippen LogP contribution in [0.2, 0.25) is 0 Å². The smallest absolute Gasteiger partial charge is 0.234 e. The summed E-state index contributed by atoms with van der Waals surface area (Å²) in [5.41, 5.74) is 5.64.